The zero-order chi connectivity index (χ0) is 12.8. The maximum atomic E-state index is 10.3. The van der Waals surface area contributed by atoms with Gasteiger partial charge in [0.25, 0.3) is 0 Å². The summed E-state index contributed by atoms with van der Waals surface area (Å²) in [5.74, 6) is -1.08. The third-order valence-corrected chi connectivity index (χ3v) is 3.30. The van der Waals surface area contributed by atoms with Crippen LogP contribution < -0.4 is 0 Å². The smallest absolute Gasteiger partial charge is 0.240 e. The predicted octanol–water partition coefficient (Wildman–Crippen LogP) is 3.47. The molecule has 0 aromatic heterocycles. The van der Waals surface area contributed by atoms with Gasteiger partial charge in [0, 0.05) is 6.42 Å². The van der Waals surface area contributed by atoms with Gasteiger partial charge in [-0.25, -0.2) is 0 Å². The second-order valence-electron chi connectivity index (χ2n) is 4.93. The molecule has 1 N–H and O–H groups in total. The van der Waals surface area contributed by atoms with Crippen molar-refractivity contribution >= 4 is 5.71 Å². The molecule has 2 rings (SSSR count). The molecule has 0 bridgehead atoms. The number of aliphatic hydroxyl groups is 1. The Bertz CT molecular complexity index is 402. The van der Waals surface area contributed by atoms with Crippen molar-refractivity contribution in [2.45, 2.75) is 51.2 Å². The summed E-state index contributed by atoms with van der Waals surface area (Å²) < 4.78 is 0. The van der Waals surface area contributed by atoms with E-state index in [4.69, 9.17) is 4.84 Å². The lowest BCUT2D eigenvalue weighted by molar-refractivity contribution is -0.189. The normalized spacial score (nSPS) is 22.7. The Kier molecular flexibility index (Phi) is 4.37. The second-order valence-corrected chi connectivity index (χ2v) is 4.93. The SMILES string of the molecule is CCCCCCC1(O)CC(c2ccccc2)=NO1. The highest BCUT2D eigenvalue weighted by Crippen LogP contribution is 2.29. The molecule has 18 heavy (non-hydrogen) atoms. The van der Waals surface area contributed by atoms with Gasteiger partial charge in [0.15, 0.2) is 0 Å². The van der Waals surface area contributed by atoms with Gasteiger partial charge in [0.1, 0.15) is 0 Å². The summed E-state index contributed by atoms with van der Waals surface area (Å²) in [6, 6.07) is 9.89. The standard InChI is InChI=1S/C15H21NO2/c1-2-3-4-8-11-15(17)12-14(16-18-15)13-9-6-5-7-10-13/h5-7,9-10,17H,2-4,8,11-12H2,1H3. The number of rotatable bonds is 6. The van der Waals surface area contributed by atoms with Crippen LogP contribution in [0.15, 0.2) is 35.5 Å². The maximum absolute atomic E-state index is 10.3. The largest absolute Gasteiger partial charge is 0.360 e. The van der Waals surface area contributed by atoms with Gasteiger partial charge in [-0.2, -0.15) is 0 Å². The van der Waals surface area contributed by atoms with Crippen LogP contribution in [0.25, 0.3) is 0 Å². The van der Waals surface area contributed by atoms with E-state index in [-0.39, 0.29) is 0 Å². The lowest BCUT2D eigenvalue weighted by Gasteiger charge is -2.19. The number of hydrogen-bond acceptors (Lipinski definition) is 3. The first kappa shape index (κ1) is 13.1. The molecule has 0 aliphatic carbocycles. The molecule has 1 aromatic carbocycles. The molecule has 1 unspecified atom stereocenters. The first-order valence-electron chi connectivity index (χ1n) is 6.76. The number of benzene rings is 1. The molecule has 0 saturated carbocycles. The lowest BCUT2D eigenvalue weighted by atomic mass is 9.98. The van der Waals surface area contributed by atoms with E-state index in [0.29, 0.717) is 12.8 Å². The van der Waals surface area contributed by atoms with E-state index in [9.17, 15) is 5.11 Å². The highest BCUT2D eigenvalue weighted by atomic mass is 16.7. The van der Waals surface area contributed by atoms with E-state index in [2.05, 4.69) is 12.1 Å². The zero-order valence-electron chi connectivity index (χ0n) is 10.9. The molecule has 0 amide bonds. The second kappa shape index (κ2) is 6.01. The van der Waals surface area contributed by atoms with Gasteiger partial charge in [0.2, 0.25) is 5.79 Å². The van der Waals surface area contributed by atoms with Crippen LogP contribution in [0.3, 0.4) is 0 Å². The van der Waals surface area contributed by atoms with Gasteiger partial charge in [-0.1, -0.05) is 61.7 Å². The Morgan fingerprint density at radius 3 is 2.72 bits per heavy atom. The fraction of sp³-hybridized carbons (Fsp3) is 0.533. The van der Waals surface area contributed by atoms with Crippen molar-refractivity contribution in [3.05, 3.63) is 35.9 Å². The van der Waals surface area contributed by atoms with Crippen molar-refractivity contribution in [2.75, 3.05) is 0 Å². The van der Waals surface area contributed by atoms with Gasteiger partial charge in [0.05, 0.1) is 12.1 Å². The Labute approximate surface area is 108 Å². The Balaban J connectivity index is 1.86. The van der Waals surface area contributed by atoms with Crippen molar-refractivity contribution in [3.63, 3.8) is 0 Å². The van der Waals surface area contributed by atoms with Crippen molar-refractivity contribution in [3.8, 4) is 0 Å². The minimum Gasteiger partial charge on any atom is -0.360 e. The van der Waals surface area contributed by atoms with Crippen molar-refractivity contribution < 1.29 is 9.94 Å². The maximum Gasteiger partial charge on any atom is 0.240 e. The van der Waals surface area contributed by atoms with Gasteiger partial charge >= 0.3 is 0 Å². The highest BCUT2D eigenvalue weighted by Gasteiger charge is 2.36. The summed E-state index contributed by atoms with van der Waals surface area (Å²) in [7, 11) is 0. The molecule has 98 valence electrons. The lowest BCUT2D eigenvalue weighted by Crippen LogP contribution is -2.28. The van der Waals surface area contributed by atoms with E-state index >= 15 is 0 Å². The van der Waals surface area contributed by atoms with Gasteiger partial charge < -0.3 is 9.94 Å². The van der Waals surface area contributed by atoms with E-state index < -0.39 is 5.79 Å². The van der Waals surface area contributed by atoms with Crippen molar-refractivity contribution in [1.82, 2.24) is 0 Å². The van der Waals surface area contributed by atoms with Crippen LogP contribution in [0.4, 0.5) is 0 Å². The molecule has 1 atom stereocenters. The number of nitrogens with zero attached hydrogens (tertiary/aromatic N) is 1. The van der Waals surface area contributed by atoms with Crippen LogP contribution in [-0.2, 0) is 4.84 Å². The van der Waals surface area contributed by atoms with Gasteiger partial charge in [-0.3, -0.25) is 0 Å². The Morgan fingerprint density at radius 2 is 2.00 bits per heavy atom. The first-order chi connectivity index (χ1) is 8.73. The Morgan fingerprint density at radius 1 is 1.22 bits per heavy atom. The molecule has 1 heterocycles. The summed E-state index contributed by atoms with van der Waals surface area (Å²) >= 11 is 0. The molecular formula is C15H21NO2. The fourth-order valence-corrected chi connectivity index (χ4v) is 2.21. The summed E-state index contributed by atoms with van der Waals surface area (Å²) in [5.41, 5.74) is 1.87. The molecule has 1 aliphatic rings. The van der Waals surface area contributed by atoms with Crippen LogP contribution in [-0.4, -0.2) is 16.6 Å². The van der Waals surface area contributed by atoms with E-state index in [1.807, 2.05) is 30.3 Å². The summed E-state index contributed by atoms with van der Waals surface area (Å²) in [4.78, 5) is 5.23. The average molecular weight is 247 g/mol. The topological polar surface area (TPSA) is 41.8 Å². The van der Waals surface area contributed by atoms with Crippen molar-refractivity contribution in [1.29, 1.82) is 0 Å². The zero-order valence-corrected chi connectivity index (χ0v) is 10.9. The van der Waals surface area contributed by atoms with E-state index in [1.54, 1.807) is 0 Å². The highest BCUT2D eigenvalue weighted by molar-refractivity contribution is 6.01. The molecular weight excluding hydrogens is 226 g/mol. The van der Waals surface area contributed by atoms with Gasteiger partial charge in [-0.15, -0.1) is 0 Å². The molecule has 0 radical (unpaired) electrons. The summed E-state index contributed by atoms with van der Waals surface area (Å²) in [5, 5.41) is 14.3. The van der Waals surface area contributed by atoms with E-state index in [0.717, 1.165) is 24.1 Å². The average Bonchev–Trinajstić information content (AvgIpc) is 2.79. The van der Waals surface area contributed by atoms with Crippen LogP contribution in [0.2, 0.25) is 0 Å². The number of hydrogen-bond donors (Lipinski definition) is 1. The Hall–Kier alpha value is -1.35. The molecule has 1 aliphatic heterocycles. The molecule has 3 nitrogen and oxygen atoms in total. The monoisotopic (exact) mass is 247 g/mol. The van der Waals surface area contributed by atoms with Gasteiger partial charge in [-0.05, 0) is 12.0 Å². The number of unbranched alkanes of at least 4 members (excludes halogenated alkanes) is 3. The third kappa shape index (κ3) is 3.33. The minimum atomic E-state index is -1.08. The molecule has 1 aromatic rings. The van der Waals surface area contributed by atoms with E-state index in [1.165, 1.54) is 12.8 Å². The van der Waals surface area contributed by atoms with Crippen LogP contribution in [0, 0.1) is 0 Å². The van der Waals surface area contributed by atoms with Crippen LogP contribution in [0.5, 0.6) is 0 Å². The number of oxime groups is 1. The molecule has 0 spiro atoms. The van der Waals surface area contributed by atoms with Crippen LogP contribution >= 0.6 is 0 Å². The molecule has 0 fully saturated rings. The fourth-order valence-electron chi connectivity index (χ4n) is 2.21. The predicted molar refractivity (Wildman–Crippen MR) is 72.4 cm³/mol. The molecule has 3 heteroatoms. The quantitative estimate of drug-likeness (QED) is 0.782. The minimum absolute atomic E-state index is 0.489. The third-order valence-electron chi connectivity index (χ3n) is 3.30. The van der Waals surface area contributed by atoms with Crippen LogP contribution in [0.1, 0.15) is 51.0 Å². The molecule has 0 saturated heterocycles. The summed E-state index contributed by atoms with van der Waals surface area (Å²) in [6.07, 6.45) is 5.69. The van der Waals surface area contributed by atoms with Crippen molar-refractivity contribution in [2.24, 2.45) is 5.16 Å². The summed E-state index contributed by atoms with van der Waals surface area (Å²) in [6.45, 7) is 2.18. The first-order valence-corrected chi connectivity index (χ1v) is 6.76.